The number of aliphatic hydroxyl groups is 2. The minimum Gasteiger partial charge on any atom is -0.388 e. The van der Waals surface area contributed by atoms with E-state index in [1.807, 2.05) is 0 Å². The van der Waals surface area contributed by atoms with Gasteiger partial charge in [-0.25, -0.2) is 0 Å². The predicted molar refractivity (Wildman–Crippen MR) is 65.2 cm³/mol. The van der Waals surface area contributed by atoms with Crippen LogP contribution in [0.3, 0.4) is 0 Å². The third kappa shape index (κ3) is 2.87. The van der Waals surface area contributed by atoms with Crippen LogP contribution in [-0.4, -0.2) is 58.8 Å². The second-order valence-corrected chi connectivity index (χ2v) is 5.04. The maximum absolute atomic E-state index is 11.7. The number of carbonyl (C=O) groups excluding carboxylic acids is 2. The molecule has 1 aromatic rings. The summed E-state index contributed by atoms with van der Waals surface area (Å²) in [4.78, 5) is 25.2. The average molecular weight is 270 g/mol. The summed E-state index contributed by atoms with van der Waals surface area (Å²) in [5.41, 5.74) is 0. The molecule has 98 valence electrons. The number of β-amino-alcohol motifs (C(OH)–C–C–N with tert-alkyl or cyclic N) is 2. The molecule has 2 heterocycles. The van der Waals surface area contributed by atoms with Crippen molar-refractivity contribution >= 4 is 23.2 Å². The normalized spacial score (nSPS) is 23.1. The number of rotatable bonds is 3. The van der Waals surface area contributed by atoms with Gasteiger partial charge in [0, 0.05) is 13.1 Å². The minimum atomic E-state index is -0.901. The van der Waals surface area contributed by atoms with Crippen molar-refractivity contribution in [3.05, 3.63) is 22.4 Å². The molecule has 6 nitrogen and oxygen atoms in total. The van der Waals surface area contributed by atoms with Gasteiger partial charge in [-0.05, 0) is 11.4 Å². The molecule has 18 heavy (non-hydrogen) atoms. The zero-order valence-electron chi connectivity index (χ0n) is 9.57. The van der Waals surface area contributed by atoms with Crippen LogP contribution in [0.15, 0.2) is 17.5 Å². The number of nitrogens with one attached hydrogen (secondary N) is 1. The zero-order chi connectivity index (χ0) is 13.1. The van der Waals surface area contributed by atoms with Crippen molar-refractivity contribution < 1.29 is 19.8 Å². The van der Waals surface area contributed by atoms with Crippen LogP contribution in [-0.2, 0) is 4.79 Å². The molecule has 2 atom stereocenters. The van der Waals surface area contributed by atoms with E-state index in [-0.39, 0.29) is 31.4 Å². The highest BCUT2D eigenvalue weighted by molar-refractivity contribution is 7.12. The smallest absolute Gasteiger partial charge is 0.261 e. The average Bonchev–Trinajstić information content (AvgIpc) is 2.97. The number of hydrogen-bond donors (Lipinski definition) is 3. The van der Waals surface area contributed by atoms with Gasteiger partial charge in [-0.2, -0.15) is 0 Å². The maximum Gasteiger partial charge on any atom is 0.261 e. The Morgan fingerprint density at radius 3 is 2.61 bits per heavy atom. The number of likely N-dealkylation sites (tertiary alicyclic amines) is 1. The molecule has 1 saturated heterocycles. The van der Waals surface area contributed by atoms with Gasteiger partial charge >= 0.3 is 0 Å². The van der Waals surface area contributed by atoms with E-state index in [0.717, 1.165) is 0 Å². The van der Waals surface area contributed by atoms with Gasteiger partial charge in [-0.3, -0.25) is 9.59 Å². The van der Waals surface area contributed by atoms with Crippen molar-refractivity contribution in [1.29, 1.82) is 0 Å². The van der Waals surface area contributed by atoms with E-state index in [4.69, 9.17) is 0 Å². The number of nitrogens with zero attached hydrogens (tertiary/aromatic N) is 1. The number of hydrogen-bond acceptors (Lipinski definition) is 5. The van der Waals surface area contributed by atoms with Crippen molar-refractivity contribution in [2.24, 2.45) is 0 Å². The SMILES string of the molecule is O=C(NCC(=O)N1C[C@@H](O)[C@@H](O)C1)c1cccs1. The predicted octanol–water partition coefficient (Wildman–Crippen LogP) is -0.958. The summed E-state index contributed by atoms with van der Waals surface area (Å²) >= 11 is 1.30. The molecule has 0 saturated carbocycles. The first kappa shape index (κ1) is 13.0. The quantitative estimate of drug-likeness (QED) is 0.660. The molecule has 7 heteroatoms. The lowest BCUT2D eigenvalue weighted by molar-refractivity contribution is -0.129. The maximum atomic E-state index is 11.7. The number of carbonyl (C=O) groups is 2. The van der Waals surface area contributed by atoms with E-state index in [9.17, 15) is 19.8 Å². The lowest BCUT2D eigenvalue weighted by Crippen LogP contribution is -2.39. The third-order valence-corrected chi connectivity index (χ3v) is 3.63. The van der Waals surface area contributed by atoms with Gasteiger partial charge in [0.15, 0.2) is 0 Å². The van der Waals surface area contributed by atoms with Crippen LogP contribution < -0.4 is 5.32 Å². The zero-order valence-corrected chi connectivity index (χ0v) is 10.4. The molecule has 0 unspecified atom stereocenters. The second-order valence-electron chi connectivity index (χ2n) is 4.09. The Morgan fingerprint density at radius 1 is 1.39 bits per heavy atom. The highest BCUT2D eigenvalue weighted by Crippen LogP contribution is 2.10. The molecule has 1 fully saturated rings. The summed E-state index contributed by atoms with van der Waals surface area (Å²) in [6.07, 6.45) is -1.80. The van der Waals surface area contributed by atoms with E-state index in [1.54, 1.807) is 17.5 Å². The topological polar surface area (TPSA) is 89.9 Å². The van der Waals surface area contributed by atoms with E-state index in [0.29, 0.717) is 4.88 Å². The molecular weight excluding hydrogens is 256 g/mol. The van der Waals surface area contributed by atoms with Gasteiger partial charge in [-0.1, -0.05) is 6.07 Å². The minimum absolute atomic E-state index is 0.106. The standard InChI is InChI=1S/C11H14N2O4S/c14-7-5-13(6-8(7)15)10(16)4-12-11(17)9-2-1-3-18-9/h1-3,7-8,14-15H,4-6H2,(H,12,17)/t7-,8+. The van der Waals surface area contributed by atoms with Crippen molar-refractivity contribution in [3.63, 3.8) is 0 Å². The van der Waals surface area contributed by atoms with E-state index in [1.165, 1.54) is 16.2 Å². The molecule has 0 bridgehead atoms. The van der Waals surface area contributed by atoms with E-state index < -0.39 is 12.2 Å². The van der Waals surface area contributed by atoms with Crippen molar-refractivity contribution in [1.82, 2.24) is 10.2 Å². The van der Waals surface area contributed by atoms with Crippen molar-refractivity contribution in [3.8, 4) is 0 Å². The van der Waals surface area contributed by atoms with Gasteiger partial charge in [-0.15, -0.1) is 11.3 Å². The fourth-order valence-corrected chi connectivity index (χ4v) is 2.38. The van der Waals surface area contributed by atoms with Crippen LogP contribution in [0.4, 0.5) is 0 Å². The number of aliphatic hydroxyl groups excluding tert-OH is 2. The van der Waals surface area contributed by atoms with Crippen LogP contribution >= 0.6 is 11.3 Å². The molecule has 0 radical (unpaired) electrons. The number of amides is 2. The largest absolute Gasteiger partial charge is 0.388 e. The Kier molecular flexibility index (Phi) is 3.95. The van der Waals surface area contributed by atoms with Crippen LogP contribution in [0.5, 0.6) is 0 Å². The summed E-state index contributed by atoms with van der Waals surface area (Å²) in [5.74, 6) is -0.603. The molecule has 1 aliphatic rings. The van der Waals surface area contributed by atoms with Gasteiger partial charge in [0.2, 0.25) is 5.91 Å². The Morgan fingerprint density at radius 2 is 2.06 bits per heavy atom. The Bertz CT molecular complexity index is 424. The summed E-state index contributed by atoms with van der Waals surface area (Å²) in [5, 5.41) is 22.9. The molecule has 1 aliphatic heterocycles. The number of thiophene rings is 1. The van der Waals surface area contributed by atoms with E-state index in [2.05, 4.69) is 5.32 Å². The first-order valence-corrected chi connectivity index (χ1v) is 6.41. The second kappa shape index (κ2) is 5.47. The highest BCUT2D eigenvalue weighted by atomic mass is 32.1. The third-order valence-electron chi connectivity index (χ3n) is 2.76. The molecule has 0 aliphatic carbocycles. The van der Waals surface area contributed by atoms with E-state index >= 15 is 0 Å². The van der Waals surface area contributed by atoms with Crippen LogP contribution in [0.25, 0.3) is 0 Å². The van der Waals surface area contributed by atoms with Gasteiger partial charge in [0.05, 0.1) is 23.6 Å². The Balaban J connectivity index is 1.80. The molecular formula is C11H14N2O4S. The van der Waals surface area contributed by atoms with Crippen molar-refractivity contribution in [2.45, 2.75) is 12.2 Å². The first-order valence-electron chi connectivity index (χ1n) is 5.53. The summed E-state index contributed by atoms with van der Waals surface area (Å²) < 4.78 is 0. The fourth-order valence-electron chi connectivity index (χ4n) is 1.74. The fraction of sp³-hybridized carbons (Fsp3) is 0.455. The van der Waals surface area contributed by atoms with Gasteiger partial charge in [0.1, 0.15) is 0 Å². The van der Waals surface area contributed by atoms with Crippen LogP contribution in [0.1, 0.15) is 9.67 Å². The molecule has 1 aromatic heterocycles. The lowest BCUT2D eigenvalue weighted by Gasteiger charge is -2.15. The van der Waals surface area contributed by atoms with Crippen molar-refractivity contribution in [2.75, 3.05) is 19.6 Å². The Labute approximate surface area is 108 Å². The van der Waals surface area contributed by atoms with Crippen LogP contribution in [0.2, 0.25) is 0 Å². The molecule has 0 aromatic carbocycles. The molecule has 0 spiro atoms. The molecule has 3 N–H and O–H groups in total. The highest BCUT2D eigenvalue weighted by Gasteiger charge is 2.32. The summed E-state index contributed by atoms with van der Waals surface area (Å²) in [7, 11) is 0. The summed E-state index contributed by atoms with van der Waals surface area (Å²) in [6, 6.07) is 3.43. The van der Waals surface area contributed by atoms with Gasteiger partial charge < -0.3 is 20.4 Å². The monoisotopic (exact) mass is 270 g/mol. The van der Waals surface area contributed by atoms with Crippen LogP contribution in [0, 0.1) is 0 Å². The lowest BCUT2D eigenvalue weighted by atomic mass is 10.3. The van der Waals surface area contributed by atoms with Gasteiger partial charge in [0.25, 0.3) is 5.91 Å². The molecule has 2 rings (SSSR count). The Hall–Kier alpha value is -1.44. The first-order chi connectivity index (χ1) is 8.58. The molecule has 2 amide bonds. The summed E-state index contributed by atoms with van der Waals surface area (Å²) in [6.45, 7) is 0.0833.